The Kier molecular flexibility index (Phi) is 4.48. The van der Waals surface area contributed by atoms with E-state index in [9.17, 15) is 4.79 Å². The average Bonchev–Trinajstić information content (AvgIpc) is 2.45. The van der Waals surface area contributed by atoms with E-state index < -0.39 is 0 Å². The van der Waals surface area contributed by atoms with Crippen LogP contribution in [0, 0.1) is 13.8 Å². The summed E-state index contributed by atoms with van der Waals surface area (Å²) in [6.45, 7) is 6.37. The summed E-state index contributed by atoms with van der Waals surface area (Å²) >= 11 is 0. The number of carbonyl (C=O) groups is 1. The number of amides is 1. The first-order valence-electron chi connectivity index (χ1n) is 6.92. The van der Waals surface area contributed by atoms with Gasteiger partial charge in [0.1, 0.15) is 5.75 Å². The molecule has 0 aliphatic heterocycles. The van der Waals surface area contributed by atoms with Crippen LogP contribution < -0.4 is 15.8 Å². The van der Waals surface area contributed by atoms with Crippen LogP contribution in [0.15, 0.2) is 36.4 Å². The van der Waals surface area contributed by atoms with Gasteiger partial charge in [-0.2, -0.15) is 0 Å². The van der Waals surface area contributed by atoms with Crippen molar-refractivity contribution in [3.8, 4) is 5.75 Å². The van der Waals surface area contributed by atoms with E-state index in [1.165, 1.54) is 0 Å². The molecule has 0 radical (unpaired) electrons. The summed E-state index contributed by atoms with van der Waals surface area (Å²) in [6.07, 6.45) is 0. The largest absolute Gasteiger partial charge is 0.493 e. The molecule has 0 unspecified atom stereocenters. The molecule has 2 aromatic rings. The van der Waals surface area contributed by atoms with E-state index in [0.29, 0.717) is 29.3 Å². The van der Waals surface area contributed by atoms with Gasteiger partial charge in [-0.3, -0.25) is 4.79 Å². The highest BCUT2D eigenvalue weighted by molar-refractivity contribution is 6.07. The molecule has 110 valence electrons. The molecular formula is C17H20N2O2. The average molecular weight is 284 g/mol. The van der Waals surface area contributed by atoms with E-state index in [1.807, 2.05) is 39.0 Å². The molecule has 0 spiro atoms. The maximum Gasteiger partial charge on any atom is 0.259 e. The van der Waals surface area contributed by atoms with Crippen LogP contribution in [-0.2, 0) is 0 Å². The van der Waals surface area contributed by atoms with Crippen LogP contribution in [0.2, 0.25) is 0 Å². The molecular weight excluding hydrogens is 264 g/mol. The van der Waals surface area contributed by atoms with Gasteiger partial charge in [-0.15, -0.1) is 0 Å². The van der Waals surface area contributed by atoms with E-state index in [4.69, 9.17) is 10.5 Å². The van der Waals surface area contributed by atoms with Gasteiger partial charge >= 0.3 is 0 Å². The lowest BCUT2D eigenvalue weighted by atomic mass is 10.1. The predicted octanol–water partition coefficient (Wildman–Crippen LogP) is 3.54. The number of nitrogens with one attached hydrogen (secondary N) is 1. The van der Waals surface area contributed by atoms with E-state index in [-0.39, 0.29) is 5.91 Å². The van der Waals surface area contributed by atoms with Gasteiger partial charge in [-0.1, -0.05) is 12.1 Å². The highest BCUT2D eigenvalue weighted by atomic mass is 16.5. The summed E-state index contributed by atoms with van der Waals surface area (Å²) in [6, 6.07) is 10.9. The summed E-state index contributed by atoms with van der Waals surface area (Å²) in [5.41, 5.74) is 9.82. The van der Waals surface area contributed by atoms with Crippen molar-refractivity contribution in [2.75, 3.05) is 17.7 Å². The number of benzene rings is 2. The van der Waals surface area contributed by atoms with Gasteiger partial charge in [0.05, 0.1) is 23.5 Å². The number of nitrogen functional groups attached to an aromatic ring is 1. The Hall–Kier alpha value is -2.49. The van der Waals surface area contributed by atoms with Crippen molar-refractivity contribution in [2.45, 2.75) is 20.8 Å². The standard InChI is InChI=1S/C17H20N2O2/c1-4-21-16-8-6-5-7-13(16)17(20)19-15-10-12(3)11(2)9-14(15)18/h5-10H,4,18H2,1-3H3,(H,19,20). The molecule has 0 heterocycles. The molecule has 1 amide bonds. The Balaban J connectivity index is 2.28. The van der Waals surface area contributed by atoms with E-state index in [2.05, 4.69) is 5.32 Å². The van der Waals surface area contributed by atoms with Gasteiger partial charge in [0.2, 0.25) is 0 Å². The van der Waals surface area contributed by atoms with Crippen LogP contribution >= 0.6 is 0 Å². The number of para-hydroxylation sites is 1. The molecule has 0 aromatic heterocycles. The first-order valence-corrected chi connectivity index (χ1v) is 6.92. The molecule has 2 aromatic carbocycles. The SMILES string of the molecule is CCOc1ccccc1C(=O)Nc1cc(C)c(C)cc1N. The second-order valence-corrected chi connectivity index (χ2v) is 4.91. The zero-order chi connectivity index (χ0) is 15.4. The second kappa shape index (κ2) is 6.31. The first-order chi connectivity index (χ1) is 10.0. The quantitative estimate of drug-likeness (QED) is 0.844. The third-order valence-corrected chi connectivity index (χ3v) is 3.35. The van der Waals surface area contributed by atoms with Crippen LogP contribution in [0.1, 0.15) is 28.4 Å². The summed E-state index contributed by atoms with van der Waals surface area (Å²) in [5.74, 6) is 0.342. The number of hydrogen-bond donors (Lipinski definition) is 2. The molecule has 21 heavy (non-hydrogen) atoms. The molecule has 4 heteroatoms. The minimum atomic E-state index is -0.228. The zero-order valence-corrected chi connectivity index (χ0v) is 12.6. The monoisotopic (exact) mass is 284 g/mol. The number of ether oxygens (including phenoxy) is 1. The van der Waals surface area contributed by atoms with Crippen molar-refractivity contribution in [1.29, 1.82) is 0 Å². The Labute approximate surface area is 124 Å². The van der Waals surface area contributed by atoms with Crippen molar-refractivity contribution in [3.63, 3.8) is 0 Å². The van der Waals surface area contributed by atoms with Gasteiger partial charge in [0.25, 0.3) is 5.91 Å². The van der Waals surface area contributed by atoms with Gasteiger partial charge in [0, 0.05) is 0 Å². The van der Waals surface area contributed by atoms with Crippen LogP contribution in [0.25, 0.3) is 0 Å². The Bertz CT molecular complexity index is 666. The molecule has 0 saturated carbocycles. The third-order valence-electron chi connectivity index (χ3n) is 3.35. The fraction of sp³-hybridized carbons (Fsp3) is 0.235. The van der Waals surface area contributed by atoms with Crippen molar-refractivity contribution in [3.05, 3.63) is 53.1 Å². The normalized spacial score (nSPS) is 10.2. The summed E-state index contributed by atoms with van der Waals surface area (Å²) in [5, 5.41) is 2.85. The summed E-state index contributed by atoms with van der Waals surface area (Å²) < 4.78 is 5.48. The Morgan fingerprint density at radius 1 is 1.19 bits per heavy atom. The lowest BCUT2D eigenvalue weighted by molar-refractivity contribution is 0.102. The zero-order valence-electron chi connectivity index (χ0n) is 12.6. The van der Waals surface area contributed by atoms with E-state index in [0.717, 1.165) is 11.1 Å². The Morgan fingerprint density at radius 2 is 1.86 bits per heavy atom. The van der Waals surface area contributed by atoms with Crippen molar-refractivity contribution in [2.24, 2.45) is 0 Å². The third kappa shape index (κ3) is 3.34. The van der Waals surface area contributed by atoms with E-state index in [1.54, 1.807) is 18.2 Å². The number of carbonyl (C=O) groups excluding carboxylic acids is 1. The highest BCUT2D eigenvalue weighted by Crippen LogP contribution is 2.25. The fourth-order valence-electron chi connectivity index (χ4n) is 2.07. The van der Waals surface area contributed by atoms with Crippen LogP contribution in [0.4, 0.5) is 11.4 Å². The summed E-state index contributed by atoms with van der Waals surface area (Å²) in [7, 11) is 0. The van der Waals surface area contributed by atoms with Crippen LogP contribution in [0.3, 0.4) is 0 Å². The van der Waals surface area contributed by atoms with Crippen molar-refractivity contribution in [1.82, 2.24) is 0 Å². The van der Waals surface area contributed by atoms with Gasteiger partial charge in [0.15, 0.2) is 0 Å². The summed E-state index contributed by atoms with van der Waals surface area (Å²) in [4.78, 5) is 12.4. The lowest BCUT2D eigenvalue weighted by Gasteiger charge is -2.13. The maximum absolute atomic E-state index is 12.4. The first kappa shape index (κ1) is 14.9. The lowest BCUT2D eigenvalue weighted by Crippen LogP contribution is -2.15. The molecule has 0 aliphatic carbocycles. The maximum atomic E-state index is 12.4. The van der Waals surface area contributed by atoms with Crippen molar-refractivity contribution < 1.29 is 9.53 Å². The number of rotatable bonds is 4. The van der Waals surface area contributed by atoms with Crippen LogP contribution in [0.5, 0.6) is 5.75 Å². The number of aryl methyl sites for hydroxylation is 2. The minimum absolute atomic E-state index is 0.228. The number of hydrogen-bond acceptors (Lipinski definition) is 3. The van der Waals surface area contributed by atoms with Gasteiger partial charge < -0.3 is 15.8 Å². The molecule has 2 rings (SSSR count). The molecule has 3 N–H and O–H groups in total. The molecule has 0 aliphatic rings. The molecule has 0 saturated heterocycles. The number of anilines is 2. The van der Waals surface area contributed by atoms with Gasteiger partial charge in [-0.25, -0.2) is 0 Å². The second-order valence-electron chi connectivity index (χ2n) is 4.91. The Morgan fingerprint density at radius 3 is 2.57 bits per heavy atom. The smallest absolute Gasteiger partial charge is 0.259 e. The molecule has 0 bridgehead atoms. The van der Waals surface area contributed by atoms with E-state index >= 15 is 0 Å². The number of nitrogens with two attached hydrogens (primary N) is 1. The van der Waals surface area contributed by atoms with Crippen molar-refractivity contribution >= 4 is 17.3 Å². The fourth-order valence-corrected chi connectivity index (χ4v) is 2.07. The molecule has 0 atom stereocenters. The predicted molar refractivity (Wildman–Crippen MR) is 85.9 cm³/mol. The van der Waals surface area contributed by atoms with Crippen LogP contribution in [-0.4, -0.2) is 12.5 Å². The molecule has 4 nitrogen and oxygen atoms in total. The van der Waals surface area contributed by atoms with Gasteiger partial charge in [-0.05, 0) is 56.2 Å². The topological polar surface area (TPSA) is 64.3 Å². The molecule has 0 fully saturated rings. The highest BCUT2D eigenvalue weighted by Gasteiger charge is 2.13. The minimum Gasteiger partial charge on any atom is -0.493 e.